The molecule has 2 aromatic carbocycles. The Balaban J connectivity index is 1.81. The summed E-state index contributed by atoms with van der Waals surface area (Å²) in [5, 5.41) is 2.94. The summed E-state index contributed by atoms with van der Waals surface area (Å²) in [6.45, 7) is 2.15. The largest absolute Gasteiger partial charge is 0.466 e. The topological polar surface area (TPSA) is 87.7 Å². The van der Waals surface area contributed by atoms with E-state index in [4.69, 9.17) is 16.3 Å². The fraction of sp³-hybridized carbons (Fsp3) is 0.350. The van der Waals surface area contributed by atoms with Crippen LogP contribution in [0.5, 0.6) is 0 Å². The molecule has 2 N–H and O–H groups in total. The first-order valence-electron chi connectivity index (χ1n) is 9.77. The van der Waals surface area contributed by atoms with Crippen molar-refractivity contribution in [1.82, 2.24) is 4.31 Å². The van der Waals surface area contributed by atoms with Crippen LogP contribution >= 0.6 is 34.2 Å². The van der Waals surface area contributed by atoms with Crippen molar-refractivity contribution in [3.63, 3.8) is 0 Å². The molecule has 12 heteroatoms. The number of nitrogens with zero attached hydrogens (tertiary/aromatic N) is 1. The zero-order valence-corrected chi connectivity index (χ0v) is 20.7. The van der Waals surface area contributed by atoms with Gasteiger partial charge in [0, 0.05) is 16.7 Å². The average molecular weight is 600 g/mol. The predicted octanol–water partition coefficient (Wildman–Crippen LogP) is 4.90. The molecule has 0 aromatic heterocycles. The van der Waals surface area contributed by atoms with Gasteiger partial charge in [0.2, 0.25) is 0 Å². The quantitative estimate of drug-likeness (QED) is 0.349. The van der Waals surface area contributed by atoms with Gasteiger partial charge in [-0.1, -0.05) is 11.6 Å². The molecule has 7 nitrogen and oxygen atoms in total. The number of halogens is 4. The Kier molecular flexibility index (Phi) is 8.17. The molecule has 32 heavy (non-hydrogen) atoms. The van der Waals surface area contributed by atoms with E-state index in [1.165, 1.54) is 0 Å². The van der Waals surface area contributed by atoms with Gasteiger partial charge in [-0.15, -0.1) is 0 Å². The van der Waals surface area contributed by atoms with Crippen molar-refractivity contribution >= 4 is 67.4 Å². The lowest BCUT2D eigenvalue weighted by Gasteiger charge is -2.30. The van der Waals surface area contributed by atoms with Crippen molar-refractivity contribution in [2.24, 2.45) is 5.92 Å². The molecule has 1 aliphatic heterocycles. The highest BCUT2D eigenvalue weighted by atomic mass is 127. The van der Waals surface area contributed by atoms with E-state index >= 15 is 0 Å². The molecule has 3 rings (SSSR count). The number of rotatable bonds is 7. The van der Waals surface area contributed by atoms with Crippen molar-refractivity contribution in [2.45, 2.75) is 19.8 Å². The molecule has 0 aliphatic carbocycles. The maximum Gasteiger partial charge on any atom is 0.309 e. The number of anilines is 3. The van der Waals surface area contributed by atoms with Crippen LogP contribution in [-0.2, 0) is 19.7 Å². The highest BCUT2D eigenvalue weighted by Gasteiger charge is 2.32. The number of hydrogen-bond acceptors (Lipinski definition) is 5. The van der Waals surface area contributed by atoms with Crippen LogP contribution in [0.2, 0.25) is 5.02 Å². The second kappa shape index (κ2) is 10.5. The minimum atomic E-state index is -4.09. The summed E-state index contributed by atoms with van der Waals surface area (Å²) in [4.78, 5) is 11.9. The van der Waals surface area contributed by atoms with Crippen LogP contribution in [0.1, 0.15) is 19.8 Å². The van der Waals surface area contributed by atoms with Gasteiger partial charge < -0.3 is 10.1 Å². The minimum Gasteiger partial charge on any atom is -0.466 e. The van der Waals surface area contributed by atoms with E-state index in [-0.39, 0.29) is 48.0 Å². The molecule has 2 aromatic rings. The first kappa shape index (κ1) is 24.9. The third-order valence-corrected chi connectivity index (χ3v) is 7.44. The Morgan fingerprint density at radius 1 is 1.22 bits per heavy atom. The molecule has 1 heterocycles. The van der Waals surface area contributed by atoms with Gasteiger partial charge in [-0.05, 0) is 72.7 Å². The molecular weight excluding hydrogens is 579 g/mol. The second-order valence-corrected chi connectivity index (χ2v) is 10.4. The van der Waals surface area contributed by atoms with Crippen molar-refractivity contribution in [3.8, 4) is 0 Å². The van der Waals surface area contributed by atoms with Crippen molar-refractivity contribution in [1.29, 1.82) is 0 Å². The average Bonchev–Trinajstić information content (AvgIpc) is 2.75. The summed E-state index contributed by atoms with van der Waals surface area (Å²) < 4.78 is 63.6. The summed E-state index contributed by atoms with van der Waals surface area (Å²) in [7, 11) is -4.09. The van der Waals surface area contributed by atoms with E-state index in [2.05, 4.69) is 32.6 Å². The second-order valence-electron chi connectivity index (χ2n) is 7.07. The fourth-order valence-corrected chi connectivity index (χ4v) is 5.45. The zero-order valence-electron chi connectivity index (χ0n) is 17.0. The predicted molar refractivity (Wildman–Crippen MR) is 127 cm³/mol. The van der Waals surface area contributed by atoms with Crippen molar-refractivity contribution < 1.29 is 26.7 Å². The van der Waals surface area contributed by atoms with Crippen LogP contribution in [0.25, 0.3) is 0 Å². The molecule has 0 saturated carbocycles. The van der Waals surface area contributed by atoms with E-state index in [1.54, 1.807) is 25.1 Å². The number of esters is 1. The monoisotopic (exact) mass is 599 g/mol. The van der Waals surface area contributed by atoms with Crippen molar-refractivity contribution in [2.75, 3.05) is 29.7 Å². The third-order valence-electron chi connectivity index (χ3n) is 4.94. The minimum absolute atomic E-state index is 0.0915. The number of hydrogen-bond donors (Lipinski definition) is 2. The Morgan fingerprint density at radius 2 is 1.88 bits per heavy atom. The van der Waals surface area contributed by atoms with E-state index < -0.39 is 27.5 Å². The van der Waals surface area contributed by atoms with Crippen LogP contribution in [0, 0.1) is 21.1 Å². The molecule has 0 atom stereocenters. The van der Waals surface area contributed by atoms with Gasteiger partial charge >= 0.3 is 16.2 Å². The molecule has 1 aliphatic rings. The maximum absolute atomic E-state index is 14.6. The number of piperidine rings is 1. The van der Waals surface area contributed by atoms with E-state index in [0.717, 1.165) is 20.0 Å². The normalized spacial score (nSPS) is 15.4. The van der Waals surface area contributed by atoms with Crippen LogP contribution in [0.4, 0.5) is 25.8 Å². The van der Waals surface area contributed by atoms with E-state index in [0.29, 0.717) is 12.8 Å². The zero-order chi connectivity index (χ0) is 23.5. The van der Waals surface area contributed by atoms with Crippen LogP contribution < -0.4 is 10.0 Å². The van der Waals surface area contributed by atoms with Crippen LogP contribution in [0.15, 0.2) is 30.3 Å². The molecule has 0 bridgehead atoms. The Labute approximate surface area is 203 Å². The fourth-order valence-electron chi connectivity index (χ4n) is 3.28. The van der Waals surface area contributed by atoms with Gasteiger partial charge in [-0.25, -0.2) is 8.78 Å². The number of nitrogens with one attached hydrogen (secondary N) is 2. The summed E-state index contributed by atoms with van der Waals surface area (Å²) in [5.41, 5.74) is -0.281. The standard InChI is InChI=1S/C20H21ClF2IN3O4S/c1-2-31-20(28)12-7-9-27(10-8-12)32(29,30)26-17-6-4-15(22)18(23)19(17)25-16-5-3-13(24)11-14(16)21/h3-6,11-12,25-26H,2,7-10H2,1H3. The lowest BCUT2D eigenvalue weighted by Crippen LogP contribution is -2.43. The summed E-state index contributed by atoms with van der Waals surface area (Å²) in [6.07, 6.45) is 0.613. The Hall–Kier alpha value is -1.70. The van der Waals surface area contributed by atoms with E-state index in [1.807, 2.05) is 0 Å². The highest BCUT2D eigenvalue weighted by Crippen LogP contribution is 2.35. The number of benzene rings is 2. The Morgan fingerprint density at radius 3 is 2.50 bits per heavy atom. The van der Waals surface area contributed by atoms with Gasteiger partial charge in [0.1, 0.15) is 5.69 Å². The molecule has 0 unspecified atom stereocenters. The third kappa shape index (κ3) is 5.80. The summed E-state index contributed by atoms with van der Waals surface area (Å²) in [6, 6.07) is 6.88. The number of carbonyl (C=O) groups is 1. The number of carbonyl (C=O) groups excluding carboxylic acids is 1. The van der Waals surface area contributed by atoms with Gasteiger partial charge in [0.15, 0.2) is 11.6 Å². The van der Waals surface area contributed by atoms with Crippen LogP contribution in [-0.4, -0.2) is 38.4 Å². The van der Waals surface area contributed by atoms with E-state index in [9.17, 15) is 22.0 Å². The lowest BCUT2D eigenvalue weighted by atomic mass is 9.98. The lowest BCUT2D eigenvalue weighted by molar-refractivity contribution is -0.149. The number of ether oxygens (including phenoxy) is 1. The highest BCUT2D eigenvalue weighted by molar-refractivity contribution is 14.1. The van der Waals surface area contributed by atoms with Gasteiger partial charge in [0.05, 0.1) is 28.9 Å². The summed E-state index contributed by atoms with van der Waals surface area (Å²) in [5.74, 6) is -3.11. The molecule has 174 valence electrons. The van der Waals surface area contributed by atoms with Crippen molar-refractivity contribution in [3.05, 3.63) is 50.6 Å². The summed E-state index contributed by atoms with van der Waals surface area (Å²) >= 11 is 8.22. The first-order chi connectivity index (χ1) is 15.1. The molecular formula is C20H21ClF2IN3O4S. The van der Waals surface area contributed by atoms with Gasteiger partial charge in [0.25, 0.3) is 0 Å². The Bertz CT molecular complexity index is 1110. The molecule has 1 fully saturated rings. The molecule has 0 amide bonds. The smallest absolute Gasteiger partial charge is 0.309 e. The maximum atomic E-state index is 14.6. The SMILES string of the molecule is CCOC(=O)C1CCN(S(=O)(=O)Nc2ccc(F)c(F)c2Nc2ccc(I)cc2Cl)CC1. The molecule has 0 radical (unpaired) electrons. The molecule has 1 saturated heterocycles. The van der Waals surface area contributed by atoms with Gasteiger partial charge in [-0.3, -0.25) is 9.52 Å². The molecule has 0 spiro atoms. The van der Waals surface area contributed by atoms with Gasteiger partial charge in [-0.2, -0.15) is 12.7 Å². The first-order valence-corrected chi connectivity index (χ1v) is 12.7. The van der Waals surface area contributed by atoms with Crippen LogP contribution in [0.3, 0.4) is 0 Å².